The van der Waals surface area contributed by atoms with Crippen LogP contribution in [-0.2, 0) is 5.41 Å². The van der Waals surface area contributed by atoms with Gasteiger partial charge in [-0.15, -0.1) is 0 Å². The van der Waals surface area contributed by atoms with Gasteiger partial charge in [0, 0.05) is 59.6 Å². The lowest BCUT2D eigenvalue weighted by atomic mass is 9.42. The minimum atomic E-state index is -0.0472. The Balaban J connectivity index is 1.01. The predicted octanol–water partition coefficient (Wildman–Crippen LogP) is 15.7. The third-order valence-corrected chi connectivity index (χ3v) is 16.5. The topological polar surface area (TPSA) is 46.4 Å². The molecule has 0 saturated heterocycles. The molecule has 0 N–H and O–H groups in total. The molecule has 3 aromatic heterocycles. The first-order chi connectivity index (χ1) is 32.5. The van der Waals surface area contributed by atoms with Crippen molar-refractivity contribution in [3.63, 3.8) is 0 Å². The number of pyridine rings is 2. The van der Waals surface area contributed by atoms with Gasteiger partial charge in [0.2, 0.25) is 0 Å². The Kier molecular flexibility index (Phi) is 10.1. The molecule has 0 unspecified atom stereocenters. The van der Waals surface area contributed by atoms with Crippen LogP contribution in [0.25, 0.3) is 38.8 Å². The van der Waals surface area contributed by atoms with E-state index in [1.54, 1.807) is 0 Å². The van der Waals surface area contributed by atoms with Crippen LogP contribution in [0.15, 0.2) is 140 Å². The van der Waals surface area contributed by atoms with Gasteiger partial charge in [-0.2, -0.15) is 0 Å². The number of anilines is 3. The molecule has 0 amide bonds. The van der Waals surface area contributed by atoms with Gasteiger partial charge in [0.15, 0.2) is 0 Å². The van der Waals surface area contributed by atoms with E-state index in [1.807, 2.05) is 12.4 Å². The Bertz CT molecular complexity index is 3120. The van der Waals surface area contributed by atoms with Crippen LogP contribution in [0.3, 0.4) is 0 Å². The molecule has 4 bridgehead atoms. The molecule has 8 aromatic rings. The smallest absolute Gasteiger partial charge is 0.137 e. The number of hydrogen-bond donors (Lipinski definition) is 0. The van der Waals surface area contributed by atoms with E-state index < -0.39 is 0 Å². The lowest BCUT2D eigenvalue weighted by Crippen LogP contribution is -2.56. The number of nitrogens with zero attached hydrogens (tertiary/aromatic N) is 5. The lowest BCUT2D eigenvalue weighted by Gasteiger charge is -2.62. The molecule has 13 rings (SSSR count). The zero-order valence-corrected chi connectivity index (χ0v) is 40.2. The maximum Gasteiger partial charge on any atom is 0.137 e. The molecule has 6 nitrogen and oxygen atoms in total. The van der Waals surface area contributed by atoms with Crippen LogP contribution in [0.5, 0.6) is 11.5 Å². The second-order valence-electron chi connectivity index (χ2n) is 21.5. The maximum atomic E-state index is 7.19. The van der Waals surface area contributed by atoms with E-state index in [2.05, 4.69) is 195 Å². The van der Waals surface area contributed by atoms with Gasteiger partial charge in [-0.1, -0.05) is 84.0 Å². The van der Waals surface area contributed by atoms with E-state index >= 15 is 0 Å². The molecule has 6 heteroatoms. The number of fused-ring (bicyclic) bond motifs is 4. The van der Waals surface area contributed by atoms with Crippen molar-refractivity contribution in [2.75, 3.05) is 23.5 Å². The van der Waals surface area contributed by atoms with E-state index in [9.17, 15) is 0 Å². The molecular weight excluding hydrogens is 819 g/mol. The molecule has 67 heavy (non-hydrogen) atoms. The van der Waals surface area contributed by atoms with E-state index in [0.717, 1.165) is 52.5 Å². The third kappa shape index (κ3) is 6.79. The summed E-state index contributed by atoms with van der Waals surface area (Å²) in [4.78, 5) is 14.5. The van der Waals surface area contributed by atoms with Crippen molar-refractivity contribution < 1.29 is 4.74 Å². The van der Waals surface area contributed by atoms with Crippen LogP contribution in [0.1, 0.15) is 119 Å². The molecule has 0 radical (unpaired) electrons. The normalized spacial score (nSPS) is 22.0. The maximum absolute atomic E-state index is 7.19. The fourth-order valence-electron chi connectivity index (χ4n) is 13.7. The Morgan fingerprint density at radius 3 is 1.94 bits per heavy atom. The summed E-state index contributed by atoms with van der Waals surface area (Å²) in [7, 11) is 2.18. The highest BCUT2D eigenvalue weighted by molar-refractivity contribution is 6.09. The summed E-state index contributed by atoms with van der Waals surface area (Å²) in [6.45, 7) is 14.7. The van der Waals surface area contributed by atoms with Crippen LogP contribution in [0.2, 0.25) is 0 Å². The molecule has 1 aliphatic heterocycles. The van der Waals surface area contributed by atoms with Crippen molar-refractivity contribution in [3.8, 4) is 28.4 Å². The van der Waals surface area contributed by atoms with Crippen LogP contribution < -0.4 is 14.5 Å². The molecular formula is C61H63N5O. The van der Waals surface area contributed by atoms with Crippen molar-refractivity contribution in [2.45, 2.75) is 96.8 Å². The molecule has 5 aromatic carbocycles. The Morgan fingerprint density at radius 1 is 0.582 bits per heavy atom. The molecule has 0 spiro atoms. The van der Waals surface area contributed by atoms with Crippen LogP contribution in [0.4, 0.5) is 17.1 Å². The number of ether oxygens (including phenoxy) is 1. The molecule has 0 atom stereocenters. The zero-order chi connectivity index (χ0) is 45.7. The number of aromatic nitrogens is 3. The predicted molar refractivity (Wildman–Crippen MR) is 277 cm³/mol. The van der Waals surface area contributed by atoms with Crippen molar-refractivity contribution in [3.05, 3.63) is 168 Å². The summed E-state index contributed by atoms with van der Waals surface area (Å²) in [6.07, 6.45) is 12.8. The first-order valence-electron chi connectivity index (χ1n) is 25.0. The lowest BCUT2D eigenvalue weighted by molar-refractivity contribution is -0.0418. The first-order valence-corrected chi connectivity index (χ1v) is 25.0. The Hall–Kier alpha value is -6.40. The summed E-state index contributed by atoms with van der Waals surface area (Å²) in [5.74, 6) is 6.66. The third-order valence-electron chi connectivity index (χ3n) is 16.5. The highest BCUT2D eigenvalue weighted by Gasteiger charge is 2.58. The fourth-order valence-corrected chi connectivity index (χ4v) is 13.7. The van der Waals surface area contributed by atoms with E-state index in [0.29, 0.717) is 29.6 Å². The largest absolute Gasteiger partial charge is 0.457 e. The number of rotatable bonds is 10. The minimum Gasteiger partial charge on any atom is -0.457 e. The van der Waals surface area contributed by atoms with Gasteiger partial charge in [-0.05, 0) is 179 Å². The van der Waals surface area contributed by atoms with Gasteiger partial charge in [0.05, 0.1) is 29.1 Å². The monoisotopic (exact) mass is 882 g/mol. The second kappa shape index (κ2) is 16.1. The van der Waals surface area contributed by atoms with Gasteiger partial charge in [0.25, 0.3) is 0 Å². The highest BCUT2D eigenvalue weighted by atomic mass is 16.5. The Morgan fingerprint density at radius 2 is 1.24 bits per heavy atom. The summed E-state index contributed by atoms with van der Waals surface area (Å²) in [5.41, 5.74) is 15.2. The molecule has 4 fully saturated rings. The summed E-state index contributed by atoms with van der Waals surface area (Å²) < 4.78 is 9.58. The average Bonchev–Trinajstić information content (AvgIpc) is 3.85. The molecule has 4 saturated carbocycles. The average molecular weight is 882 g/mol. The Labute approximate surface area is 396 Å². The quantitative estimate of drug-likeness (QED) is 0.137. The highest BCUT2D eigenvalue weighted by Crippen LogP contribution is 2.65. The van der Waals surface area contributed by atoms with Crippen LogP contribution in [-0.4, -0.2) is 28.3 Å². The summed E-state index contributed by atoms with van der Waals surface area (Å²) in [5, 5.41) is 2.40. The zero-order valence-electron chi connectivity index (χ0n) is 40.2. The number of hydrogen-bond acceptors (Lipinski definition) is 5. The molecule has 4 aliphatic carbocycles. The van der Waals surface area contributed by atoms with Gasteiger partial charge in [-0.3, -0.25) is 9.55 Å². The molecule has 4 heterocycles. The first kappa shape index (κ1) is 42.0. The summed E-state index contributed by atoms with van der Waals surface area (Å²) >= 11 is 0. The summed E-state index contributed by atoms with van der Waals surface area (Å²) in [6, 6.07) is 45.4. The van der Waals surface area contributed by atoms with Crippen molar-refractivity contribution in [1.29, 1.82) is 0 Å². The fraction of sp³-hybridized carbons (Fsp3) is 0.344. The van der Waals surface area contributed by atoms with Gasteiger partial charge >= 0.3 is 0 Å². The van der Waals surface area contributed by atoms with Crippen molar-refractivity contribution >= 4 is 38.9 Å². The number of para-hydroxylation sites is 3. The molecule has 338 valence electrons. The van der Waals surface area contributed by atoms with Gasteiger partial charge < -0.3 is 14.5 Å². The molecule has 5 aliphatic rings. The van der Waals surface area contributed by atoms with Gasteiger partial charge in [0.1, 0.15) is 17.3 Å². The number of benzene rings is 5. The SMILES string of the molecule is CC(C)c1cc(C(C)C)c(-c2cc(Oc3ccc4c5ccccc5n(-c5cc(C6(c7ccncc7)C7CC8CC(C7)CC6C8)ccn5)c4c3)cc(N3CN(C)c4ccccc43)c2)c(C(C)C)c1. The van der Waals surface area contributed by atoms with Crippen LogP contribution >= 0.6 is 0 Å². The van der Waals surface area contributed by atoms with Gasteiger partial charge in [-0.25, -0.2) is 4.98 Å². The minimum absolute atomic E-state index is 0.0472. The van der Waals surface area contributed by atoms with E-state index in [4.69, 9.17) is 9.72 Å². The van der Waals surface area contributed by atoms with Crippen LogP contribution in [0, 0.1) is 23.7 Å². The van der Waals surface area contributed by atoms with E-state index in [-0.39, 0.29) is 5.41 Å². The van der Waals surface area contributed by atoms with Crippen molar-refractivity contribution in [2.24, 2.45) is 23.7 Å². The second-order valence-corrected chi connectivity index (χ2v) is 21.5. The van der Waals surface area contributed by atoms with Crippen molar-refractivity contribution in [1.82, 2.24) is 14.5 Å². The standard InChI is InChI=1S/C61H63N5O/c1-37(2)42-31-53(38(3)4)60(54(32-42)39(5)6)43-29-48(65-36-64(7)56-14-10-11-15-57(56)65)34-50(30-43)67-49-16-17-52-51-12-8-9-13-55(51)66(58(52)35-49)59-33-45(20-23-63-59)61(44-18-21-62-22-19-44)46-25-40-24-41(27-46)28-47(61)26-40/h8-23,29-35,37-41,46-47H,24-28,36H2,1-7H3. The van der Waals surface area contributed by atoms with E-state index in [1.165, 1.54) is 93.2 Å².